The van der Waals surface area contributed by atoms with Gasteiger partial charge in [0.05, 0.1) is 19.0 Å². The van der Waals surface area contributed by atoms with Crippen LogP contribution in [0.4, 0.5) is 0 Å². The summed E-state index contributed by atoms with van der Waals surface area (Å²) in [4.78, 5) is 7.36. The number of aliphatic hydroxyl groups is 1. The number of hydrogen-bond donors (Lipinski definition) is 1. The Balaban J connectivity index is 2.32. The lowest BCUT2D eigenvalue weighted by molar-refractivity contribution is 0.155. The van der Waals surface area contributed by atoms with E-state index in [1.54, 1.807) is 0 Å². The maximum absolute atomic E-state index is 12.4. The Labute approximate surface area is 111 Å². The van der Waals surface area contributed by atoms with Crippen LogP contribution < -0.4 is 0 Å². The van der Waals surface area contributed by atoms with Gasteiger partial charge in [0.15, 0.2) is 0 Å². The summed E-state index contributed by atoms with van der Waals surface area (Å²) in [6.45, 7) is 0.240. The molecule has 100 valence electrons. The summed E-state index contributed by atoms with van der Waals surface area (Å²) in [7, 11) is -3.65. The maximum Gasteiger partial charge on any atom is 0.246 e. The number of rotatable bonds is 3. The lowest BCUT2D eigenvalue weighted by Crippen LogP contribution is -2.45. The molecule has 18 heavy (non-hydrogen) atoms. The molecule has 1 unspecified atom stereocenters. The van der Waals surface area contributed by atoms with Crippen LogP contribution in [0.5, 0.6) is 0 Å². The van der Waals surface area contributed by atoms with Gasteiger partial charge in [0.25, 0.3) is 0 Å². The summed E-state index contributed by atoms with van der Waals surface area (Å²) in [6.07, 6.45) is 4.77. The van der Waals surface area contributed by atoms with Crippen LogP contribution >= 0.6 is 11.6 Å². The minimum atomic E-state index is -3.65. The van der Waals surface area contributed by atoms with Crippen molar-refractivity contribution in [2.45, 2.75) is 30.2 Å². The standard InChI is InChI=1S/C10H14ClN3O3S/c11-10-12-5-9(6-13-10)18(16,17)14-4-2-1-3-8(14)7-15/h5-6,8,15H,1-4,7H2. The van der Waals surface area contributed by atoms with Crippen molar-refractivity contribution in [3.63, 3.8) is 0 Å². The number of aromatic nitrogens is 2. The Kier molecular flexibility index (Phi) is 4.16. The predicted octanol–water partition coefficient (Wildman–Crippen LogP) is 0.666. The zero-order valence-corrected chi connectivity index (χ0v) is 11.2. The third-order valence-electron chi connectivity index (χ3n) is 2.99. The van der Waals surface area contributed by atoms with Crippen molar-refractivity contribution in [2.24, 2.45) is 0 Å². The largest absolute Gasteiger partial charge is 0.395 e. The van der Waals surface area contributed by atoms with Gasteiger partial charge < -0.3 is 5.11 Å². The zero-order valence-electron chi connectivity index (χ0n) is 9.66. The fourth-order valence-corrected chi connectivity index (χ4v) is 3.72. The van der Waals surface area contributed by atoms with E-state index in [1.807, 2.05) is 0 Å². The van der Waals surface area contributed by atoms with E-state index in [9.17, 15) is 13.5 Å². The highest BCUT2D eigenvalue weighted by molar-refractivity contribution is 7.89. The average molecular weight is 292 g/mol. The summed E-state index contributed by atoms with van der Waals surface area (Å²) >= 11 is 5.53. The normalized spacial score (nSPS) is 22.0. The van der Waals surface area contributed by atoms with Gasteiger partial charge in [-0.05, 0) is 24.4 Å². The molecule has 1 aromatic heterocycles. The molecule has 0 radical (unpaired) electrons. The van der Waals surface area contributed by atoms with Crippen molar-refractivity contribution >= 4 is 21.6 Å². The molecule has 1 saturated heterocycles. The monoisotopic (exact) mass is 291 g/mol. The molecule has 1 N–H and O–H groups in total. The van der Waals surface area contributed by atoms with Crippen LogP contribution in [0.15, 0.2) is 17.3 Å². The summed E-state index contributed by atoms with van der Waals surface area (Å²) in [5, 5.41) is 9.26. The summed E-state index contributed by atoms with van der Waals surface area (Å²) in [5.74, 6) is 0. The Morgan fingerprint density at radius 1 is 1.39 bits per heavy atom. The second-order valence-corrected chi connectivity index (χ2v) is 6.36. The van der Waals surface area contributed by atoms with Gasteiger partial charge in [-0.25, -0.2) is 18.4 Å². The fraction of sp³-hybridized carbons (Fsp3) is 0.600. The zero-order chi connectivity index (χ0) is 13.2. The highest BCUT2D eigenvalue weighted by Gasteiger charge is 2.33. The predicted molar refractivity (Wildman–Crippen MR) is 65.7 cm³/mol. The third-order valence-corrected chi connectivity index (χ3v) is 5.09. The first kappa shape index (κ1) is 13.7. The fourth-order valence-electron chi connectivity index (χ4n) is 2.04. The van der Waals surface area contributed by atoms with Crippen LogP contribution in [0.25, 0.3) is 0 Å². The molecule has 1 aromatic rings. The first-order valence-electron chi connectivity index (χ1n) is 5.66. The summed E-state index contributed by atoms with van der Waals surface area (Å²) < 4.78 is 26.0. The molecular formula is C10H14ClN3O3S. The van der Waals surface area contributed by atoms with Crippen molar-refractivity contribution in [3.05, 3.63) is 17.7 Å². The van der Waals surface area contributed by atoms with E-state index in [-0.39, 0.29) is 22.8 Å². The Hall–Kier alpha value is -0.760. The number of halogens is 1. The molecule has 0 amide bonds. The molecule has 6 nitrogen and oxygen atoms in total. The van der Waals surface area contributed by atoms with Crippen LogP contribution in [-0.2, 0) is 10.0 Å². The molecule has 0 spiro atoms. The van der Waals surface area contributed by atoms with Gasteiger partial charge in [0.2, 0.25) is 15.3 Å². The molecule has 8 heteroatoms. The minimum Gasteiger partial charge on any atom is -0.395 e. The van der Waals surface area contributed by atoms with Gasteiger partial charge in [0, 0.05) is 12.6 Å². The van der Waals surface area contributed by atoms with E-state index < -0.39 is 10.0 Å². The van der Waals surface area contributed by atoms with E-state index in [2.05, 4.69) is 9.97 Å². The van der Waals surface area contributed by atoms with Gasteiger partial charge in [-0.2, -0.15) is 4.31 Å². The van der Waals surface area contributed by atoms with E-state index >= 15 is 0 Å². The molecule has 2 heterocycles. The lowest BCUT2D eigenvalue weighted by Gasteiger charge is -2.33. The molecular weight excluding hydrogens is 278 g/mol. The third kappa shape index (κ3) is 2.64. The number of sulfonamides is 1. The van der Waals surface area contributed by atoms with Crippen molar-refractivity contribution in [2.75, 3.05) is 13.2 Å². The first-order chi connectivity index (χ1) is 8.55. The Bertz CT molecular complexity index is 506. The molecule has 0 bridgehead atoms. The van der Waals surface area contributed by atoms with E-state index in [0.29, 0.717) is 13.0 Å². The Morgan fingerprint density at radius 3 is 2.67 bits per heavy atom. The van der Waals surface area contributed by atoms with E-state index in [4.69, 9.17) is 11.6 Å². The van der Waals surface area contributed by atoms with Gasteiger partial charge in [0.1, 0.15) is 4.90 Å². The van der Waals surface area contributed by atoms with Crippen molar-refractivity contribution in [1.82, 2.24) is 14.3 Å². The lowest BCUT2D eigenvalue weighted by atomic mass is 10.1. The first-order valence-corrected chi connectivity index (χ1v) is 7.48. The van der Waals surface area contributed by atoms with Crippen molar-refractivity contribution in [1.29, 1.82) is 0 Å². The molecule has 0 saturated carbocycles. The highest BCUT2D eigenvalue weighted by atomic mass is 35.5. The van der Waals surface area contributed by atoms with Gasteiger partial charge >= 0.3 is 0 Å². The summed E-state index contributed by atoms with van der Waals surface area (Å²) in [6, 6.07) is -0.362. The minimum absolute atomic E-state index is 0.00584. The molecule has 1 atom stereocenters. The topological polar surface area (TPSA) is 83.4 Å². The number of nitrogens with zero attached hydrogens (tertiary/aromatic N) is 3. The molecule has 1 aliphatic heterocycles. The van der Waals surface area contributed by atoms with Crippen LogP contribution in [0.2, 0.25) is 5.28 Å². The molecule has 1 fully saturated rings. The maximum atomic E-state index is 12.4. The smallest absolute Gasteiger partial charge is 0.246 e. The van der Waals surface area contributed by atoms with Gasteiger partial charge in [-0.3, -0.25) is 0 Å². The number of aliphatic hydroxyl groups excluding tert-OH is 1. The highest BCUT2D eigenvalue weighted by Crippen LogP contribution is 2.24. The molecule has 0 aromatic carbocycles. The van der Waals surface area contributed by atoms with Crippen LogP contribution in [0.1, 0.15) is 19.3 Å². The number of hydrogen-bond acceptors (Lipinski definition) is 5. The van der Waals surface area contributed by atoms with Gasteiger partial charge in [-0.1, -0.05) is 6.42 Å². The van der Waals surface area contributed by atoms with Crippen molar-refractivity contribution in [3.8, 4) is 0 Å². The molecule has 2 rings (SSSR count). The second-order valence-electron chi connectivity index (χ2n) is 4.14. The van der Waals surface area contributed by atoms with Gasteiger partial charge in [-0.15, -0.1) is 0 Å². The Morgan fingerprint density at radius 2 is 2.06 bits per heavy atom. The quantitative estimate of drug-likeness (QED) is 0.828. The van der Waals surface area contributed by atoms with Crippen LogP contribution in [0.3, 0.4) is 0 Å². The SMILES string of the molecule is O=S(=O)(c1cnc(Cl)nc1)N1CCCCC1CO. The van der Waals surface area contributed by atoms with E-state index in [1.165, 1.54) is 16.7 Å². The van der Waals surface area contributed by atoms with Crippen LogP contribution in [0, 0.1) is 0 Å². The molecule has 1 aliphatic rings. The van der Waals surface area contributed by atoms with Crippen LogP contribution in [-0.4, -0.2) is 47.0 Å². The number of piperidine rings is 1. The van der Waals surface area contributed by atoms with E-state index in [0.717, 1.165) is 12.8 Å². The molecule has 0 aliphatic carbocycles. The van der Waals surface area contributed by atoms with Crippen molar-refractivity contribution < 1.29 is 13.5 Å². The summed E-state index contributed by atoms with van der Waals surface area (Å²) in [5.41, 5.74) is 0. The average Bonchev–Trinajstić information content (AvgIpc) is 2.39. The second kappa shape index (κ2) is 5.48.